The van der Waals surface area contributed by atoms with Crippen LogP contribution in [-0.4, -0.2) is 25.4 Å². The number of anilines is 1. The minimum Gasteiger partial charge on any atom is -0.395 e. The molecule has 114 valence electrons. The molecule has 0 aliphatic heterocycles. The van der Waals surface area contributed by atoms with Gasteiger partial charge in [-0.05, 0) is 37.1 Å². The number of rotatable bonds is 4. The van der Waals surface area contributed by atoms with Crippen molar-refractivity contribution in [2.75, 3.05) is 11.3 Å². The molecule has 0 bridgehead atoms. The highest BCUT2D eigenvalue weighted by Gasteiger charge is 2.26. The van der Waals surface area contributed by atoms with E-state index in [1.807, 2.05) is 0 Å². The summed E-state index contributed by atoms with van der Waals surface area (Å²) in [7, 11) is -3.29. The van der Waals surface area contributed by atoms with Crippen molar-refractivity contribution in [3.63, 3.8) is 0 Å². The van der Waals surface area contributed by atoms with Gasteiger partial charge >= 0.3 is 0 Å². The lowest BCUT2D eigenvalue weighted by Crippen LogP contribution is -2.29. The maximum absolute atomic E-state index is 12.3. The Morgan fingerprint density at radius 2 is 1.81 bits per heavy atom. The van der Waals surface area contributed by atoms with Gasteiger partial charge in [0.25, 0.3) is 0 Å². The number of hydrogen-bond acceptors (Lipinski definition) is 3. The molecule has 1 aromatic carbocycles. The highest BCUT2D eigenvalue weighted by atomic mass is 32.2. The van der Waals surface area contributed by atoms with Crippen molar-refractivity contribution in [1.29, 1.82) is 0 Å². The Labute approximate surface area is 126 Å². The van der Waals surface area contributed by atoms with Crippen LogP contribution in [-0.2, 0) is 10.0 Å². The third kappa shape index (κ3) is 4.76. The third-order valence-corrected chi connectivity index (χ3v) is 5.47. The highest BCUT2D eigenvalue weighted by Crippen LogP contribution is 2.25. The van der Waals surface area contributed by atoms with E-state index in [4.69, 9.17) is 5.11 Å². The standard InChI is InChI=1S/C16H21NO3S/c18-13-5-4-6-14-9-11-15(12-10-14)17-21(19,20)16-7-2-1-3-8-16/h9-12,16-18H,1-3,5,7-8,13H2. The zero-order valence-electron chi connectivity index (χ0n) is 12.0. The lowest BCUT2D eigenvalue weighted by atomic mass is 10.0. The maximum Gasteiger partial charge on any atom is 0.235 e. The van der Waals surface area contributed by atoms with Crippen LogP contribution in [0.5, 0.6) is 0 Å². The monoisotopic (exact) mass is 307 g/mol. The van der Waals surface area contributed by atoms with Crippen molar-refractivity contribution in [3.8, 4) is 11.8 Å². The second-order valence-corrected chi connectivity index (χ2v) is 7.22. The number of aliphatic hydroxyl groups excluding tert-OH is 1. The molecule has 0 unspecified atom stereocenters. The molecule has 0 heterocycles. The molecule has 0 amide bonds. The fraction of sp³-hybridized carbons (Fsp3) is 0.500. The van der Waals surface area contributed by atoms with E-state index in [1.54, 1.807) is 24.3 Å². The van der Waals surface area contributed by atoms with E-state index in [0.717, 1.165) is 37.7 Å². The zero-order chi connectivity index (χ0) is 15.1. The summed E-state index contributed by atoms with van der Waals surface area (Å²) in [6, 6.07) is 7.01. The first-order chi connectivity index (χ1) is 10.1. The Morgan fingerprint density at radius 1 is 1.14 bits per heavy atom. The van der Waals surface area contributed by atoms with Gasteiger partial charge in [-0.25, -0.2) is 8.42 Å². The number of nitrogens with one attached hydrogen (secondary N) is 1. The van der Waals surface area contributed by atoms with Gasteiger partial charge in [-0.2, -0.15) is 0 Å². The van der Waals surface area contributed by atoms with Crippen LogP contribution < -0.4 is 4.72 Å². The van der Waals surface area contributed by atoms with Gasteiger partial charge in [-0.15, -0.1) is 0 Å². The molecule has 0 spiro atoms. The smallest absolute Gasteiger partial charge is 0.235 e. The molecule has 2 N–H and O–H groups in total. The minimum atomic E-state index is -3.29. The average molecular weight is 307 g/mol. The summed E-state index contributed by atoms with van der Waals surface area (Å²) in [6.07, 6.45) is 5.05. The maximum atomic E-state index is 12.3. The Balaban J connectivity index is 2.01. The molecule has 0 aromatic heterocycles. The molecule has 0 atom stereocenters. The Kier molecular flexibility index (Phi) is 5.66. The highest BCUT2D eigenvalue weighted by molar-refractivity contribution is 7.93. The van der Waals surface area contributed by atoms with Crippen molar-refractivity contribution >= 4 is 15.7 Å². The van der Waals surface area contributed by atoms with Crippen LogP contribution >= 0.6 is 0 Å². The Hall–Kier alpha value is -1.51. The first-order valence-corrected chi connectivity index (χ1v) is 8.88. The predicted octanol–water partition coefficient (Wildman–Crippen LogP) is 2.49. The molecular weight excluding hydrogens is 286 g/mol. The van der Waals surface area contributed by atoms with Crippen molar-refractivity contribution in [1.82, 2.24) is 0 Å². The Morgan fingerprint density at radius 3 is 2.43 bits per heavy atom. The lowest BCUT2D eigenvalue weighted by Gasteiger charge is -2.22. The van der Waals surface area contributed by atoms with Crippen molar-refractivity contribution in [2.45, 2.75) is 43.8 Å². The van der Waals surface area contributed by atoms with Crippen molar-refractivity contribution in [3.05, 3.63) is 29.8 Å². The van der Waals surface area contributed by atoms with E-state index < -0.39 is 10.0 Å². The first kappa shape index (κ1) is 15.9. The lowest BCUT2D eigenvalue weighted by molar-refractivity contribution is 0.305. The molecular formula is C16H21NO3S. The summed E-state index contributed by atoms with van der Waals surface area (Å²) in [5.74, 6) is 5.74. The summed E-state index contributed by atoms with van der Waals surface area (Å²) in [6.45, 7) is 0.0479. The van der Waals surface area contributed by atoms with E-state index in [9.17, 15) is 8.42 Å². The SMILES string of the molecule is O=S(=O)(Nc1ccc(C#CCCO)cc1)C1CCCCC1. The molecule has 4 nitrogen and oxygen atoms in total. The summed E-state index contributed by atoms with van der Waals surface area (Å²) < 4.78 is 27.2. The second kappa shape index (κ2) is 7.48. The van der Waals surface area contributed by atoms with Gasteiger partial charge in [-0.1, -0.05) is 31.1 Å². The topological polar surface area (TPSA) is 66.4 Å². The van der Waals surface area contributed by atoms with Crippen LogP contribution in [0.25, 0.3) is 0 Å². The molecule has 21 heavy (non-hydrogen) atoms. The molecule has 5 heteroatoms. The van der Waals surface area contributed by atoms with Gasteiger partial charge in [0, 0.05) is 17.7 Å². The van der Waals surface area contributed by atoms with Crippen LogP contribution in [0.3, 0.4) is 0 Å². The molecule has 0 saturated heterocycles. The van der Waals surface area contributed by atoms with Crippen LogP contribution in [0.15, 0.2) is 24.3 Å². The van der Waals surface area contributed by atoms with Gasteiger partial charge in [0.2, 0.25) is 10.0 Å². The number of aliphatic hydroxyl groups is 1. The summed E-state index contributed by atoms with van der Waals surface area (Å²) in [4.78, 5) is 0. The first-order valence-electron chi connectivity index (χ1n) is 7.33. The van der Waals surface area contributed by atoms with Gasteiger partial charge < -0.3 is 5.11 Å². The quantitative estimate of drug-likeness (QED) is 0.840. The molecule has 0 radical (unpaired) electrons. The molecule has 1 saturated carbocycles. The van der Waals surface area contributed by atoms with E-state index >= 15 is 0 Å². The van der Waals surface area contributed by atoms with E-state index in [-0.39, 0.29) is 11.9 Å². The molecule has 1 aromatic rings. The molecule has 1 aliphatic carbocycles. The van der Waals surface area contributed by atoms with Crippen LogP contribution in [0.2, 0.25) is 0 Å². The van der Waals surface area contributed by atoms with Gasteiger partial charge in [0.1, 0.15) is 0 Å². The number of sulfonamides is 1. The Bertz CT molecular complexity index is 605. The average Bonchev–Trinajstić information content (AvgIpc) is 2.50. The predicted molar refractivity (Wildman–Crippen MR) is 84.4 cm³/mol. The number of benzene rings is 1. The van der Waals surface area contributed by atoms with Crippen molar-refractivity contribution < 1.29 is 13.5 Å². The van der Waals surface area contributed by atoms with E-state index in [0.29, 0.717) is 12.1 Å². The van der Waals surface area contributed by atoms with Crippen LogP contribution in [0, 0.1) is 11.8 Å². The van der Waals surface area contributed by atoms with Crippen LogP contribution in [0.4, 0.5) is 5.69 Å². The van der Waals surface area contributed by atoms with Crippen LogP contribution in [0.1, 0.15) is 44.1 Å². The largest absolute Gasteiger partial charge is 0.395 e. The fourth-order valence-corrected chi connectivity index (χ4v) is 4.05. The molecule has 1 aliphatic rings. The zero-order valence-corrected chi connectivity index (χ0v) is 12.8. The number of hydrogen-bond donors (Lipinski definition) is 2. The minimum absolute atomic E-state index is 0.0479. The normalized spacial score (nSPS) is 16.0. The summed E-state index contributed by atoms with van der Waals surface area (Å²) in [5.41, 5.74) is 1.39. The van der Waals surface area contributed by atoms with E-state index in [1.165, 1.54) is 0 Å². The second-order valence-electron chi connectivity index (χ2n) is 5.26. The molecule has 1 fully saturated rings. The van der Waals surface area contributed by atoms with Gasteiger partial charge in [0.15, 0.2) is 0 Å². The summed E-state index contributed by atoms with van der Waals surface area (Å²) >= 11 is 0. The summed E-state index contributed by atoms with van der Waals surface area (Å²) in [5, 5.41) is 8.39. The van der Waals surface area contributed by atoms with Gasteiger partial charge in [-0.3, -0.25) is 4.72 Å². The van der Waals surface area contributed by atoms with E-state index in [2.05, 4.69) is 16.6 Å². The molecule has 2 rings (SSSR count). The third-order valence-electron chi connectivity index (χ3n) is 3.61. The van der Waals surface area contributed by atoms with Crippen molar-refractivity contribution in [2.24, 2.45) is 0 Å². The van der Waals surface area contributed by atoms with Gasteiger partial charge in [0.05, 0.1) is 11.9 Å². The fourth-order valence-electron chi connectivity index (χ4n) is 2.47.